The van der Waals surface area contributed by atoms with E-state index in [1.807, 2.05) is 0 Å². The summed E-state index contributed by atoms with van der Waals surface area (Å²) in [6.45, 7) is 0.564. The van der Waals surface area contributed by atoms with Gasteiger partial charge in [0.25, 0.3) is 0 Å². The van der Waals surface area contributed by atoms with Crippen molar-refractivity contribution in [3.8, 4) is 0 Å². The monoisotopic (exact) mass is 196 g/mol. The second-order valence-corrected chi connectivity index (χ2v) is 3.28. The van der Waals surface area contributed by atoms with Crippen molar-refractivity contribution in [2.24, 2.45) is 5.73 Å². The van der Waals surface area contributed by atoms with Gasteiger partial charge in [0.2, 0.25) is 0 Å². The van der Waals surface area contributed by atoms with E-state index in [-0.39, 0.29) is 5.92 Å². The molecule has 1 aliphatic heterocycles. The number of nitrogens with one attached hydrogen (secondary N) is 1. The van der Waals surface area contributed by atoms with Crippen LogP contribution in [0.15, 0.2) is 30.1 Å². The van der Waals surface area contributed by atoms with Crippen LogP contribution >= 0.6 is 0 Å². The highest BCUT2D eigenvalue weighted by Crippen LogP contribution is 2.24. The van der Waals surface area contributed by atoms with Gasteiger partial charge in [-0.3, -0.25) is 0 Å². The van der Waals surface area contributed by atoms with Gasteiger partial charge < -0.3 is 11.1 Å². The Morgan fingerprint density at radius 2 is 2.14 bits per heavy atom. The molecule has 1 heterocycles. The van der Waals surface area contributed by atoms with E-state index in [1.165, 1.54) is 12.1 Å². The van der Waals surface area contributed by atoms with Gasteiger partial charge in [-0.2, -0.15) is 0 Å². The first kappa shape index (κ1) is 8.99. The van der Waals surface area contributed by atoms with E-state index in [0.29, 0.717) is 17.9 Å². The van der Waals surface area contributed by atoms with Crippen molar-refractivity contribution in [3.63, 3.8) is 0 Å². The first-order valence-electron chi connectivity index (χ1n) is 4.33. The summed E-state index contributed by atoms with van der Waals surface area (Å²) in [5.41, 5.74) is 5.97. The van der Waals surface area contributed by atoms with Crippen molar-refractivity contribution in [1.29, 1.82) is 0 Å². The van der Waals surface area contributed by atoms with E-state index in [9.17, 15) is 8.78 Å². The summed E-state index contributed by atoms with van der Waals surface area (Å²) >= 11 is 0. The van der Waals surface area contributed by atoms with Crippen LogP contribution in [0.2, 0.25) is 0 Å². The zero-order valence-corrected chi connectivity index (χ0v) is 7.43. The van der Waals surface area contributed by atoms with Crippen LogP contribution in [-0.2, 0) is 0 Å². The highest BCUT2D eigenvalue weighted by atomic mass is 19.1. The summed E-state index contributed by atoms with van der Waals surface area (Å²) in [7, 11) is 0. The summed E-state index contributed by atoms with van der Waals surface area (Å²) in [5, 5.41) is 2.89. The number of halogens is 2. The maximum absolute atomic E-state index is 13.3. The van der Waals surface area contributed by atoms with E-state index < -0.39 is 11.6 Å². The van der Waals surface area contributed by atoms with Crippen molar-refractivity contribution in [2.45, 2.75) is 5.92 Å². The molecule has 0 saturated carbocycles. The number of hydrogen-bond acceptors (Lipinski definition) is 2. The minimum Gasteiger partial charge on any atom is -0.386 e. The molecular formula is C10H10F2N2. The lowest BCUT2D eigenvalue weighted by atomic mass is 10.00. The van der Waals surface area contributed by atoms with Gasteiger partial charge in [0.15, 0.2) is 0 Å². The van der Waals surface area contributed by atoms with Crippen LogP contribution in [0.1, 0.15) is 11.5 Å². The zero-order chi connectivity index (χ0) is 10.1. The Hall–Kier alpha value is -1.58. The van der Waals surface area contributed by atoms with E-state index in [4.69, 9.17) is 5.73 Å². The number of nitrogens with two attached hydrogens (primary N) is 1. The molecule has 0 fully saturated rings. The molecule has 1 atom stereocenters. The molecule has 0 unspecified atom stereocenters. The molecular weight excluding hydrogens is 186 g/mol. The molecule has 0 radical (unpaired) electrons. The molecule has 74 valence electrons. The van der Waals surface area contributed by atoms with Crippen molar-refractivity contribution in [2.75, 3.05) is 6.54 Å². The largest absolute Gasteiger partial charge is 0.386 e. The van der Waals surface area contributed by atoms with Gasteiger partial charge >= 0.3 is 0 Å². The first-order valence-corrected chi connectivity index (χ1v) is 4.33. The molecule has 3 N–H and O–H groups in total. The minimum absolute atomic E-state index is 0.101. The molecule has 1 aromatic rings. The van der Waals surface area contributed by atoms with Gasteiger partial charge in [-0.15, -0.1) is 0 Å². The minimum atomic E-state index is -0.561. The Balaban J connectivity index is 2.33. The fourth-order valence-electron chi connectivity index (χ4n) is 1.56. The van der Waals surface area contributed by atoms with E-state index >= 15 is 0 Å². The number of rotatable bonds is 1. The third-order valence-corrected chi connectivity index (χ3v) is 2.27. The van der Waals surface area contributed by atoms with E-state index in [2.05, 4.69) is 5.32 Å². The quantitative estimate of drug-likeness (QED) is 0.713. The Morgan fingerprint density at radius 3 is 2.71 bits per heavy atom. The fraction of sp³-hybridized carbons (Fsp3) is 0.200. The summed E-state index contributed by atoms with van der Waals surface area (Å²) < 4.78 is 25.9. The molecule has 0 aromatic heterocycles. The Labute approximate surface area is 80.4 Å². The van der Waals surface area contributed by atoms with Crippen LogP contribution in [0.25, 0.3) is 0 Å². The highest BCUT2D eigenvalue weighted by Gasteiger charge is 2.18. The molecule has 0 aliphatic carbocycles. The molecule has 2 nitrogen and oxygen atoms in total. The van der Waals surface area contributed by atoms with Gasteiger partial charge in [0, 0.05) is 18.5 Å². The summed E-state index contributed by atoms with van der Waals surface area (Å²) in [6, 6.07) is 3.59. The van der Waals surface area contributed by atoms with E-state index in [0.717, 1.165) is 6.07 Å². The van der Waals surface area contributed by atoms with Gasteiger partial charge in [-0.25, -0.2) is 8.78 Å². The van der Waals surface area contributed by atoms with Gasteiger partial charge in [-0.05, 0) is 17.7 Å². The van der Waals surface area contributed by atoms with Crippen LogP contribution in [-0.4, -0.2) is 6.54 Å². The third kappa shape index (κ3) is 1.55. The van der Waals surface area contributed by atoms with Crippen LogP contribution in [0.5, 0.6) is 0 Å². The summed E-state index contributed by atoms with van der Waals surface area (Å²) in [5.74, 6) is -0.647. The molecule has 14 heavy (non-hydrogen) atoms. The molecule has 4 heteroatoms. The van der Waals surface area contributed by atoms with Crippen molar-refractivity contribution < 1.29 is 8.78 Å². The molecule has 0 spiro atoms. The molecule has 0 bridgehead atoms. The van der Waals surface area contributed by atoms with Crippen molar-refractivity contribution in [1.82, 2.24) is 5.32 Å². The molecule has 0 saturated heterocycles. The lowest BCUT2D eigenvalue weighted by molar-refractivity contribution is 0.566. The second-order valence-electron chi connectivity index (χ2n) is 3.28. The summed E-state index contributed by atoms with van der Waals surface area (Å²) in [6.07, 6.45) is 1.73. The van der Waals surface area contributed by atoms with Gasteiger partial charge in [0.05, 0.1) is 5.82 Å². The molecule has 1 aromatic carbocycles. The van der Waals surface area contributed by atoms with Gasteiger partial charge in [0.1, 0.15) is 11.6 Å². The first-order chi connectivity index (χ1) is 6.66. The average molecular weight is 196 g/mol. The Bertz CT molecular complexity index is 388. The van der Waals surface area contributed by atoms with E-state index in [1.54, 1.807) is 6.08 Å². The van der Waals surface area contributed by atoms with Crippen LogP contribution in [0.3, 0.4) is 0 Å². The summed E-state index contributed by atoms with van der Waals surface area (Å²) in [4.78, 5) is 0. The molecule has 2 rings (SSSR count). The van der Waals surface area contributed by atoms with Crippen molar-refractivity contribution >= 4 is 0 Å². The highest BCUT2D eigenvalue weighted by molar-refractivity contribution is 5.30. The lowest BCUT2D eigenvalue weighted by Gasteiger charge is -2.08. The average Bonchev–Trinajstić information content (AvgIpc) is 2.51. The van der Waals surface area contributed by atoms with Crippen LogP contribution < -0.4 is 11.1 Å². The zero-order valence-electron chi connectivity index (χ0n) is 7.43. The Morgan fingerprint density at radius 1 is 1.36 bits per heavy atom. The predicted octanol–water partition coefficient (Wildman–Crippen LogP) is 1.45. The van der Waals surface area contributed by atoms with Crippen LogP contribution in [0.4, 0.5) is 8.78 Å². The third-order valence-electron chi connectivity index (χ3n) is 2.27. The van der Waals surface area contributed by atoms with Crippen molar-refractivity contribution in [3.05, 3.63) is 47.3 Å². The second kappa shape index (κ2) is 3.29. The van der Waals surface area contributed by atoms with Crippen LogP contribution in [0, 0.1) is 11.6 Å². The molecule has 0 amide bonds. The lowest BCUT2D eigenvalue weighted by Crippen LogP contribution is -2.16. The number of hydrogen-bond donors (Lipinski definition) is 2. The SMILES string of the molecule is NC1=C[C@@H](c2ccc(F)cc2F)CN1. The predicted molar refractivity (Wildman–Crippen MR) is 49.4 cm³/mol. The Kier molecular flexibility index (Phi) is 2.11. The van der Waals surface area contributed by atoms with Gasteiger partial charge in [-0.1, -0.05) is 6.07 Å². The normalized spacial score (nSPS) is 20.4. The molecule has 1 aliphatic rings. The fourth-order valence-corrected chi connectivity index (χ4v) is 1.56. The standard InChI is InChI=1S/C10H10F2N2/c11-7-1-2-8(9(12)4-7)6-3-10(13)14-5-6/h1-4,6,14H,5,13H2/t6-/m1/s1. The maximum Gasteiger partial charge on any atom is 0.129 e. The topological polar surface area (TPSA) is 38.0 Å². The maximum atomic E-state index is 13.3. The number of benzene rings is 1. The smallest absolute Gasteiger partial charge is 0.129 e.